The zero-order chi connectivity index (χ0) is 15.2. The van der Waals surface area contributed by atoms with E-state index >= 15 is 0 Å². The average molecular weight is 307 g/mol. The molecule has 8 heteroatoms. The van der Waals surface area contributed by atoms with Crippen LogP contribution in [0.2, 0.25) is 0 Å². The summed E-state index contributed by atoms with van der Waals surface area (Å²) in [5.41, 5.74) is 0. The highest BCUT2D eigenvalue weighted by atomic mass is 32.2. The standard InChI is InChI=1S/C12H21NO6S/c1-2-19-12(16)7-8-20(17,18)13(9-11(14)15)10-5-3-4-6-10/h10H,2-9H2,1H3,(H,14,15). The molecule has 0 amide bonds. The summed E-state index contributed by atoms with van der Waals surface area (Å²) in [6.07, 6.45) is 2.89. The number of nitrogens with zero attached hydrogens (tertiary/aromatic N) is 1. The summed E-state index contributed by atoms with van der Waals surface area (Å²) in [6.45, 7) is 1.29. The Hall–Kier alpha value is -1.15. The molecule has 1 aliphatic carbocycles. The highest BCUT2D eigenvalue weighted by molar-refractivity contribution is 7.89. The number of carboxylic acids is 1. The zero-order valence-corrected chi connectivity index (χ0v) is 12.4. The van der Waals surface area contributed by atoms with E-state index in [-0.39, 0.29) is 19.1 Å². The lowest BCUT2D eigenvalue weighted by molar-refractivity contribution is -0.142. The molecule has 0 aromatic carbocycles. The molecule has 0 aromatic heterocycles. The predicted octanol–water partition coefficient (Wildman–Crippen LogP) is 0.599. The summed E-state index contributed by atoms with van der Waals surface area (Å²) in [7, 11) is -3.76. The van der Waals surface area contributed by atoms with Crippen molar-refractivity contribution in [1.82, 2.24) is 4.31 Å². The monoisotopic (exact) mass is 307 g/mol. The number of carbonyl (C=O) groups is 2. The van der Waals surface area contributed by atoms with Gasteiger partial charge in [-0.25, -0.2) is 8.42 Å². The Morgan fingerprint density at radius 3 is 2.40 bits per heavy atom. The molecule has 0 spiro atoms. The summed E-state index contributed by atoms with van der Waals surface area (Å²) in [6, 6.07) is -0.265. The van der Waals surface area contributed by atoms with Crippen molar-refractivity contribution in [3.63, 3.8) is 0 Å². The van der Waals surface area contributed by atoms with Gasteiger partial charge in [-0.15, -0.1) is 0 Å². The third-order valence-electron chi connectivity index (χ3n) is 3.25. The Bertz CT molecular complexity index is 441. The van der Waals surface area contributed by atoms with Crippen LogP contribution in [0, 0.1) is 0 Å². The van der Waals surface area contributed by atoms with E-state index in [4.69, 9.17) is 5.11 Å². The van der Waals surface area contributed by atoms with Crippen LogP contribution in [0.15, 0.2) is 0 Å². The molecule has 1 aliphatic rings. The number of esters is 1. The van der Waals surface area contributed by atoms with Gasteiger partial charge in [0.15, 0.2) is 0 Å². The van der Waals surface area contributed by atoms with Crippen molar-refractivity contribution >= 4 is 22.0 Å². The second kappa shape index (κ2) is 7.58. The van der Waals surface area contributed by atoms with Gasteiger partial charge in [-0.2, -0.15) is 4.31 Å². The molecular weight excluding hydrogens is 286 g/mol. The molecule has 0 atom stereocenters. The lowest BCUT2D eigenvalue weighted by Crippen LogP contribution is -2.43. The molecule has 0 bridgehead atoms. The van der Waals surface area contributed by atoms with Crippen LogP contribution in [-0.2, 0) is 24.3 Å². The van der Waals surface area contributed by atoms with Crippen LogP contribution < -0.4 is 0 Å². The van der Waals surface area contributed by atoms with Gasteiger partial charge < -0.3 is 9.84 Å². The van der Waals surface area contributed by atoms with Gasteiger partial charge in [0, 0.05) is 6.04 Å². The largest absolute Gasteiger partial charge is 0.480 e. The summed E-state index contributed by atoms with van der Waals surface area (Å²) >= 11 is 0. The molecule has 0 unspecified atom stereocenters. The van der Waals surface area contributed by atoms with Crippen LogP contribution in [0.1, 0.15) is 39.0 Å². The fourth-order valence-corrected chi connectivity index (χ4v) is 3.97. The van der Waals surface area contributed by atoms with Crippen molar-refractivity contribution in [2.24, 2.45) is 0 Å². The van der Waals surface area contributed by atoms with E-state index in [0.717, 1.165) is 17.1 Å². The minimum absolute atomic E-state index is 0.195. The topological polar surface area (TPSA) is 101 Å². The van der Waals surface area contributed by atoms with Crippen LogP contribution in [0.25, 0.3) is 0 Å². The van der Waals surface area contributed by atoms with E-state index in [1.807, 2.05) is 0 Å². The van der Waals surface area contributed by atoms with Gasteiger partial charge in [0.05, 0.1) is 18.8 Å². The number of carboxylic acid groups (broad SMARTS) is 1. The van der Waals surface area contributed by atoms with Crippen molar-refractivity contribution < 1.29 is 27.9 Å². The summed E-state index contributed by atoms with van der Waals surface area (Å²) in [5, 5.41) is 8.87. The number of hydrogen-bond acceptors (Lipinski definition) is 5. The minimum atomic E-state index is -3.76. The van der Waals surface area contributed by atoms with Gasteiger partial charge in [0.2, 0.25) is 10.0 Å². The van der Waals surface area contributed by atoms with E-state index in [2.05, 4.69) is 4.74 Å². The lowest BCUT2D eigenvalue weighted by Gasteiger charge is -2.26. The Labute approximate surface area is 118 Å². The van der Waals surface area contributed by atoms with Crippen molar-refractivity contribution in [3.8, 4) is 0 Å². The molecular formula is C12H21NO6S. The predicted molar refractivity (Wildman–Crippen MR) is 71.6 cm³/mol. The summed E-state index contributed by atoms with van der Waals surface area (Å²) < 4.78 is 30.1. The first-order valence-electron chi connectivity index (χ1n) is 6.73. The average Bonchev–Trinajstić information content (AvgIpc) is 2.87. The molecule has 0 aromatic rings. The highest BCUT2D eigenvalue weighted by Crippen LogP contribution is 2.26. The number of rotatable bonds is 8. The van der Waals surface area contributed by atoms with Crippen LogP contribution in [0.3, 0.4) is 0 Å². The molecule has 1 rings (SSSR count). The van der Waals surface area contributed by atoms with Gasteiger partial charge in [-0.1, -0.05) is 12.8 Å². The number of hydrogen-bond donors (Lipinski definition) is 1. The highest BCUT2D eigenvalue weighted by Gasteiger charge is 2.33. The maximum Gasteiger partial charge on any atom is 0.318 e. The number of sulfonamides is 1. The van der Waals surface area contributed by atoms with Gasteiger partial charge >= 0.3 is 11.9 Å². The quantitative estimate of drug-likeness (QED) is 0.659. The Kier molecular flexibility index (Phi) is 6.41. The first-order valence-corrected chi connectivity index (χ1v) is 8.34. The molecule has 1 saturated carbocycles. The number of aliphatic carboxylic acids is 1. The molecule has 0 heterocycles. The van der Waals surface area contributed by atoms with E-state index in [1.165, 1.54) is 0 Å². The van der Waals surface area contributed by atoms with Crippen molar-refractivity contribution in [1.29, 1.82) is 0 Å². The maximum atomic E-state index is 12.2. The second-order valence-corrected chi connectivity index (χ2v) is 6.79. The molecule has 116 valence electrons. The van der Waals surface area contributed by atoms with Gasteiger partial charge in [0.1, 0.15) is 6.54 Å². The second-order valence-electron chi connectivity index (χ2n) is 4.75. The van der Waals surface area contributed by atoms with Gasteiger partial charge in [-0.05, 0) is 19.8 Å². The SMILES string of the molecule is CCOC(=O)CCS(=O)(=O)N(CC(=O)O)C1CCCC1. The summed E-state index contributed by atoms with van der Waals surface area (Å²) in [5.74, 6) is -2.18. The normalized spacial score (nSPS) is 16.5. The van der Waals surface area contributed by atoms with Gasteiger partial charge in [0.25, 0.3) is 0 Å². The molecule has 0 saturated heterocycles. The molecule has 0 radical (unpaired) electrons. The van der Waals surface area contributed by atoms with Crippen LogP contribution in [-0.4, -0.2) is 54.7 Å². The maximum absolute atomic E-state index is 12.2. The number of ether oxygens (including phenoxy) is 1. The molecule has 1 N–H and O–H groups in total. The molecule has 20 heavy (non-hydrogen) atoms. The molecule has 0 aliphatic heterocycles. The fourth-order valence-electron chi connectivity index (χ4n) is 2.34. The van der Waals surface area contributed by atoms with Gasteiger partial charge in [-0.3, -0.25) is 9.59 Å². The third-order valence-corrected chi connectivity index (χ3v) is 5.11. The first-order chi connectivity index (χ1) is 9.36. The minimum Gasteiger partial charge on any atom is -0.480 e. The van der Waals surface area contributed by atoms with Crippen LogP contribution >= 0.6 is 0 Å². The first kappa shape index (κ1) is 16.9. The van der Waals surface area contributed by atoms with Crippen molar-refractivity contribution in [3.05, 3.63) is 0 Å². The van der Waals surface area contributed by atoms with Crippen molar-refractivity contribution in [2.45, 2.75) is 45.1 Å². The van der Waals surface area contributed by atoms with E-state index in [1.54, 1.807) is 6.92 Å². The third kappa shape index (κ3) is 5.09. The summed E-state index contributed by atoms with van der Waals surface area (Å²) in [4.78, 5) is 22.1. The van der Waals surface area contributed by atoms with E-state index in [9.17, 15) is 18.0 Å². The number of carbonyl (C=O) groups excluding carboxylic acids is 1. The molecule has 7 nitrogen and oxygen atoms in total. The van der Waals surface area contributed by atoms with Crippen LogP contribution in [0.5, 0.6) is 0 Å². The fraction of sp³-hybridized carbons (Fsp3) is 0.833. The van der Waals surface area contributed by atoms with Crippen LogP contribution in [0.4, 0.5) is 0 Å². The smallest absolute Gasteiger partial charge is 0.318 e. The van der Waals surface area contributed by atoms with E-state index in [0.29, 0.717) is 12.8 Å². The zero-order valence-electron chi connectivity index (χ0n) is 11.6. The Morgan fingerprint density at radius 2 is 1.90 bits per heavy atom. The lowest BCUT2D eigenvalue weighted by atomic mass is 10.2. The Balaban J connectivity index is 2.71. The Morgan fingerprint density at radius 1 is 1.30 bits per heavy atom. The van der Waals surface area contributed by atoms with Crippen molar-refractivity contribution in [2.75, 3.05) is 18.9 Å². The van der Waals surface area contributed by atoms with E-state index < -0.39 is 34.3 Å². The molecule has 1 fully saturated rings.